The van der Waals surface area contributed by atoms with Gasteiger partial charge in [-0.2, -0.15) is 0 Å². The van der Waals surface area contributed by atoms with Crippen molar-refractivity contribution in [2.45, 2.75) is 57.3 Å². The minimum atomic E-state index is -0.337. The van der Waals surface area contributed by atoms with Gasteiger partial charge in [0.05, 0.1) is 0 Å². The third-order valence-electron chi connectivity index (χ3n) is 6.87. The normalized spacial score (nSPS) is 29.6. The zero-order valence-electron chi connectivity index (χ0n) is 15.7. The molecule has 27 heavy (non-hydrogen) atoms. The topological polar surface area (TPSA) is 83.6 Å². The highest BCUT2D eigenvalue weighted by Gasteiger charge is 2.41. The molecule has 0 bridgehead atoms. The molecule has 0 saturated heterocycles. The first-order chi connectivity index (χ1) is 13.0. The molecule has 0 aliphatic heterocycles. The predicted octanol–water partition coefficient (Wildman–Crippen LogP) is 4.27. The van der Waals surface area contributed by atoms with Crippen molar-refractivity contribution >= 4 is 5.91 Å². The second-order valence-corrected chi connectivity index (χ2v) is 8.46. The number of aromatic hydroxyl groups is 1. The minimum absolute atomic E-state index is 0.261. The third kappa shape index (κ3) is 3.62. The number of primary amides is 1. The number of aliphatic hydroxyl groups is 1. The van der Waals surface area contributed by atoms with Crippen molar-refractivity contribution < 1.29 is 15.0 Å². The van der Waals surface area contributed by atoms with E-state index in [1.807, 2.05) is 18.2 Å². The van der Waals surface area contributed by atoms with E-state index in [9.17, 15) is 15.0 Å². The zero-order chi connectivity index (χ0) is 19.0. The number of phenolic OH excluding ortho intramolecular Hbond substituents is 1. The van der Waals surface area contributed by atoms with E-state index in [-0.39, 0.29) is 12.3 Å². The highest BCUT2D eigenvalue weighted by molar-refractivity contribution is 5.74. The Bertz CT molecular complexity index is 795. The van der Waals surface area contributed by atoms with E-state index < -0.39 is 0 Å². The number of aliphatic hydroxyl groups excluding tert-OH is 1. The van der Waals surface area contributed by atoms with Crippen LogP contribution in [0, 0.1) is 17.8 Å². The number of allylic oxidation sites excluding steroid dienone is 3. The van der Waals surface area contributed by atoms with Crippen LogP contribution in [0.3, 0.4) is 0 Å². The Morgan fingerprint density at radius 1 is 1.15 bits per heavy atom. The number of fused-ring (bicyclic) bond motifs is 3. The highest BCUT2D eigenvalue weighted by Crippen LogP contribution is 2.52. The second-order valence-electron chi connectivity index (χ2n) is 8.46. The molecule has 4 rings (SSSR count). The Kier molecular flexibility index (Phi) is 4.98. The van der Waals surface area contributed by atoms with Crippen LogP contribution < -0.4 is 5.73 Å². The molecule has 4 atom stereocenters. The molecule has 1 aromatic carbocycles. The number of amides is 1. The lowest BCUT2D eigenvalue weighted by atomic mass is 9.59. The molecule has 1 fully saturated rings. The highest BCUT2D eigenvalue weighted by atomic mass is 16.3. The number of hydrogen-bond donors (Lipinski definition) is 3. The van der Waals surface area contributed by atoms with Crippen molar-refractivity contribution in [3.8, 4) is 5.75 Å². The van der Waals surface area contributed by atoms with Gasteiger partial charge >= 0.3 is 0 Å². The van der Waals surface area contributed by atoms with Crippen LogP contribution in [-0.4, -0.2) is 16.1 Å². The van der Waals surface area contributed by atoms with E-state index in [1.165, 1.54) is 36.8 Å². The van der Waals surface area contributed by atoms with Crippen LogP contribution in [0.15, 0.2) is 36.1 Å². The lowest BCUT2D eigenvalue weighted by Gasteiger charge is -2.45. The van der Waals surface area contributed by atoms with E-state index in [2.05, 4.69) is 12.1 Å². The van der Waals surface area contributed by atoms with Crippen LogP contribution in [0.25, 0.3) is 0 Å². The number of phenols is 1. The molecule has 1 amide bonds. The number of carbonyl (C=O) groups is 1. The van der Waals surface area contributed by atoms with Crippen molar-refractivity contribution in [2.75, 3.05) is 0 Å². The first-order valence-corrected chi connectivity index (χ1v) is 10.2. The SMILES string of the molecule is NC(=O)CCc1cc2c(cc1O)[C@@H]1CCCC[C@@H]1[C@H](C1C=CC(O)=CC1)C2. The summed E-state index contributed by atoms with van der Waals surface area (Å²) in [4.78, 5) is 11.2. The molecular formula is C23H29NO3. The fourth-order valence-corrected chi connectivity index (χ4v) is 5.56. The number of aryl methyl sites for hydroxylation is 1. The number of nitrogens with two attached hydrogens (primary N) is 1. The average molecular weight is 367 g/mol. The maximum atomic E-state index is 11.2. The van der Waals surface area contributed by atoms with Crippen LogP contribution in [0.1, 0.15) is 61.1 Å². The summed E-state index contributed by atoms with van der Waals surface area (Å²) in [5.74, 6) is 2.53. The molecule has 0 aromatic heterocycles. The van der Waals surface area contributed by atoms with Gasteiger partial charge in [-0.25, -0.2) is 0 Å². The van der Waals surface area contributed by atoms with Gasteiger partial charge in [0.2, 0.25) is 5.91 Å². The molecule has 0 heterocycles. The summed E-state index contributed by atoms with van der Waals surface area (Å²) in [6.07, 6.45) is 13.6. The number of benzene rings is 1. The first kappa shape index (κ1) is 18.1. The van der Waals surface area contributed by atoms with E-state index in [0.29, 0.717) is 41.6 Å². The fourth-order valence-electron chi connectivity index (χ4n) is 5.56. The molecule has 0 radical (unpaired) electrons. The number of hydrogen-bond acceptors (Lipinski definition) is 3. The number of rotatable bonds is 4. The van der Waals surface area contributed by atoms with E-state index >= 15 is 0 Å². The molecule has 4 N–H and O–H groups in total. The maximum Gasteiger partial charge on any atom is 0.217 e. The Hall–Kier alpha value is -2.23. The molecule has 1 saturated carbocycles. The summed E-state index contributed by atoms with van der Waals surface area (Å²) < 4.78 is 0. The molecule has 3 aliphatic rings. The molecule has 1 unspecified atom stereocenters. The summed E-state index contributed by atoms with van der Waals surface area (Å²) in [5, 5.41) is 20.2. The maximum absolute atomic E-state index is 11.2. The van der Waals surface area contributed by atoms with E-state index in [1.54, 1.807) is 0 Å². The van der Waals surface area contributed by atoms with Crippen molar-refractivity contribution in [2.24, 2.45) is 23.5 Å². The smallest absolute Gasteiger partial charge is 0.217 e. The summed E-state index contributed by atoms with van der Waals surface area (Å²) in [6, 6.07) is 4.08. The van der Waals surface area contributed by atoms with Crippen molar-refractivity contribution in [1.29, 1.82) is 0 Å². The predicted molar refractivity (Wildman–Crippen MR) is 105 cm³/mol. The van der Waals surface area contributed by atoms with Gasteiger partial charge in [-0.15, -0.1) is 0 Å². The van der Waals surface area contributed by atoms with Gasteiger partial charge in [-0.3, -0.25) is 4.79 Å². The van der Waals surface area contributed by atoms with Gasteiger partial charge in [0.1, 0.15) is 11.5 Å². The molecular weight excluding hydrogens is 338 g/mol. The van der Waals surface area contributed by atoms with Crippen LogP contribution in [-0.2, 0) is 17.6 Å². The fraction of sp³-hybridized carbons (Fsp3) is 0.522. The molecule has 3 aliphatic carbocycles. The van der Waals surface area contributed by atoms with Gasteiger partial charge in [0.15, 0.2) is 0 Å². The van der Waals surface area contributed by atoms with Crippen molar-refractivity contribution in [1.82, 2.24) is 0 Å². The average Bonchev–Trinajstić information content (AvgIpc) is 2.67. The molecule has 144 valence electrons. The molecule has 4 heteroatoms. The first-order valence-electron chi connectivity index (χ1n) is 10.2. The summed E-state index contributed by atoms with van der Waals surface area (Å²) in [6.45, 7) is 0. The van der Waals surface area contributed by atoms with Gasteiger partial charge in [0, 0.05) is 6.42 Å². The lowest BCUT2D eigenvalue weighted by Crippen LogP contribution is -2.36. The van der Waals surface area contributed by atoms with Gasteiger partial charge < -0.3 is 15.9 Å². The lowest BCUT2D eigenvalue weighted by molar-refractivity contribution is -0.117. The Balaban J connectivity index is 1.66. The summed E-state index contributed by atoms with van der Waals surface area (Å²) >= 11 is 0. The standard InChI is InChI=1S/C23H29NO3/c24-23(27)10-7-15-11-16-12-20(14-5-8-17(25)9-6-14)18-3-1-2-4-19(18)21(16)13-22(15)26/h5,8-9,11,13-14,18-20,25-26H,1-4,6-7,10,12H2,(H2,24,27)/t14?,18-,19+,20-/m0/s1. The van der Waals surface area contributed by atoms with Crippen molar-refractivity contribution in [3.05, 3.63) is 52.8 Å². The summed E-state index contributed by atoms with van der Waals surface area (Å²) in [7, 11) is 0. The Morgan fingerprint density at radius 2 is 1.96 bits per heavy atom. The van der Waals surface area contributed by atoms with E-state index in [4.69, 9.17) is 5.73 Å². The van der Waals surface area contributed by atoms with E-state index in [0.717, 1.165) is 18.4 Å². The zero-order valence-corrected chi connectivity index (χ0v) is 15.7. The molecule has 4 nitrogen and oxygen atoms in total. The Labute approximate surface area is 160 Å². The van der Waals surface area contributed by atoms with Crippen LogP contribution in [0.5, 0.6) is 5.75 Å². The second kappa shape index (κ2) is 7.41. The van der Waals surface area contributed by atoms with Crippen molar-refractivity contribution in [3.63, 3.8) is 0 Å². The summed E-state index contributed by atoms with van der Waals surface area (Å²) in [5.41, 5.74) is 8.76. The van der Waals surface area contributed by atoms with Gasteiger partial charge in [0.25, 0.3) is 0 Å². The third-order valence-corrected chi connectivity index (χ3v) is 6.87. The molecule has 1 aromatic rings. The van der Waals surface area contributed by atoms with Crippen LogP contribution in [0.4, 0.5) is 0 Å². The largest absolute Gasteiger partial charge is 0.508 e. The quantitative estimate of drug-likeness (QED) is 0.743. The van der Waals surface area contributed by atoms with Crippen LogP contribution in [0.2, 0.25) is 0 Å². The molecule has 0 spiro atoms. The monoisotopic (exact) mass is 367 g/mol. The Morgan fingerprint density at radius 3 is 2.70 bits per heavy atom. The van der Waals surface area contributed by atoms with Gasteiger partial charge in [-0.05, 0) is 90.7 Å². The van der Waals surface area contributed by atoms with Crippen LogP contribution >= 0.6 is 0 Å². The minimum Gasteiger partial charge on any atom is -0.508 e. The van der Waals surface area contributed by atoms with Gasteiger partial charge in [-0.1, -0.05) is 25.0 Å². The number of carbonyl (C=O) groups excluding carboxylic acids is 1.